The molecule has 0 radical (unpaired) electrons. The van der Waals surface area contributed by atoms with E-state index in [1.165, 1.54) is 19.3 Å². The molecule has 0 aliphatic carbocycles. The van der Waals surface area contributed by atoms with E-state index in [9.17, 15) is 0 Å². The predicted molar refractivity (Wildman–Crippen MR) is 48.5 cm³/mol. The van der Waals surface area contributed by atoms with Gasteiger partial charge < -0.3 is 0 Å². The van der Waals surface area contributed by atoms with E-state index in [-0.39, 0.29) is 5.79 Å². The first kappa shape index (κ1) is 10.0. The number of rotatable bonds is 6. The Hall–Kier alpha value is -0.0800. The van der Waals surface area contributed by atoms with Crippen LogP contribution in [0.3, 0.4) is 0 Å². The van der Waals surface area contributed by atoms with Gasteiger partial charge in [0.05, 0.1) is 0 Å². The maximum Gasteiger partial charge on any atom is 0.236 e. The van der Waals surface area contributed by atoms with Crippen molar-refractivity contribution >= 4 is 0 Å². The summed E-state index contributed by atoms with van der Waals surface area (Å²) in [4.78, 5) is 10.2. The summed E-state index contributed by atoms with van der Waals surface area (Å²) in [6.07, 6.45) is 5.93. The van der Waals surface area contributed by atoms with E-state index in [1.54, 1.807) is 0 Å². The molecule has 0 aromatic rings. The smallest absolute Gasteiger partial charge is 0.195 e. The lowest BCUT2D eigenvalue weighted by atomic mass is 9.93. The third-order valence-electron chi connectivity index (χ3n) is 2.64. The van der Waals surface area contributed by atoms with Crippen LogP contribution >= 0.6 is 0 Å². The largest absolute Gasteiger partial charge is 0.236 e. The molecule has 0 amide bonds. The molecule has 1 atom stereocenters. The highest BCUT2D eigenvalue weighted by Gasteiger charge is 2.52. The van der Waals surface area contributed by atoms with Crippen molar-refractivity contribution in [3.05, 3.63) is 0 Å². The second kappa shape index (κ2) is 4.24. The average molecular weight is 172 g/mol. The fourth-order valence-electron chi connectivity index (χ4n) is 1.63. The Labute approximate surface area is 75.2 Å². The van der Waals surface area contributed by atoms with E-state index in [0.29, 0.717) is 5.92 Å². The minimum Gasteiger partial charge on any atom is -0.195 e. The van der Waals surface area contributed by atoms with Crippen molar-refractivity contribution in [3.8, 4) is 0 Å². The standard InChI is InChI=1S/C10H20O2/c1-4-6-7-9(3)10(8-5-2)11-12-10/h9H,4-8H2,1-3H3. The van der Waals surface area contributed by atoms with Gasteiger partial charge in [-0.1, -0.05) is 40.0 Å². The summed E-state index contributed by atoms with van der Waals surface area (Å²) in [5.74, 6) is 0.363. The third-order valence-corrected chi connectivity index (χ3v) is 2.64. The minimum atomic E-state index is -0.191. The molecule has 12 heavy (non-hydrogen) atoms. The Balaban J connectivity index is 2.25. The SMILES string of the molecule is CCCCC(C)C1(CCC)OO1. The van der Waals surface area contributed by atoms with Crippen LogP contribution in [0.2, 0.25) is 0 Å². The zero-order chi connectivity index (χ0) is 9.03. The lowest BCUT2D eigenvalue weighted by molar-refractivity contribution is 0.0850. The van der Waals surface area contributed by atoms with E-state index >= 15 is 0 Å². The number of unbranched alkanes of at least 4 members (excludes halogenated alkanes) is 1. The molecule has 1 unspecified atom stereocenters. The van der Waals surface area contributed by atoms with Crippen molar-refractivity contribution < 1.29 is 9.78 Å². The Kier molecular flexibility index (Phi) is 3.53. The van der Waals surface area contributed by atoms with Crippen LogP contribution in [0.25, 0.3) is 0 Å². The predicted octanol–water partition coefficient (Wildman–Crippen LogP) is 3.27. The maximum absolute atomic E-state index is 5.10. The molecule has 2 heteroatoms. The lowest BCUT2D eigenvalue weighted by Crippen LogP contribution is -2.20. The lowest BCUT2D eigenvalue weighted by Gasteiger charge is -2.14. The van der Waals surface area contributed by atoms with Gasteiger partial charge in [-0.05, 0) is 6.42 Å². The summed E-state index contributed by atoms with van der Waals surface area (Å²) in [5.41, 5.74) is 0. The Morgan fingerprint density at radius 2 is 1.83 bits per heavy atom. The zero-order valence-corrected chi connectivity index (χ0v) is 8.43. The topological polar surface area (TPSA) is 25.1 Å². The van der Waals surface area contributed by atoms with Gasteiger partial charge in [-0.3, -0.25) is 0 Å². The summed E-state index contributed by atoms with van der Waals surface area (Å²) < 4.78 is 0. The van der Waals surface area contributed by atoms with Gasteiger partial charge in [0.2, 0.25) is 5.79 Å². The van der Waals surface area contributed by atoms with Crippen LogP contribution in [0.4, 0.5) is 0 Å². The molecule has 72 valence electrons. The molecule has 0 aromatic carbocycles. The molecular formula is C10H20O2. The van der Waals surface area contributed by atoms with Gasteiger partial charge in [0.15, 0.2) is 0 Å². The maximum atomic E-state index is 5.10. The van der Waals surface area contributed by atoms with E-state index in [4.69, 9.17) is 9.78 Å². The first-order chi connectivity index (χ1) is 5.75. The first-order valence-electron chi connectivity index (χ1n) is 5.12. The van der Waals surface area contributed by atoms with Gasteiger partial charge in [0.25, 0.3) is 0 Å². The van der Waals surface area contributed by atoms with Crippen molar-refractivity contribution in [1.82, 2.24) is 0 Å². The van der Waals surface area contributed by atoms with Crippen molar-refractivity contribution in [2.24, 2.45) is 5.92 Å². The normalized spacial score (nSPS) is 22.2. The van der Waals surface area contributed by atoms with Crippen LogP contribution in [0, 0.1) is 5.92 Å². The van der Waals surface area contributed by atoms with Crippen LogP contribution in [0.1, 0.15) is 52.9 Å². The van der Waals surface area contributed by atoms with Crippen LogP contribution in [-0.4, -0.2) is 5.79 Å². The zero-order valence-electron chi connectivity index (χ0n) is 8.43. The Morgan fingerprint density at radius 1 is 1.17 bits per heavy atom. The highest BCUT2D eigenvalue weighted by molar-refractivity contribution is 4.80. The molecule has 0 N–H and O–H groups in total. The van der Waals surface area contributed by atoms with Crippen LogP contribution in [0.5, 0.6) is 0 Å². The van der Waals surface area contributed by atoms with Crippen molar-refractivity contribution in [2.45, 2.75) is 58.7 Å². The molecule has 0 bridgehead atoms. The molecule has 0 saturated carbocycles. The van der Waals surface area contributed by atoms with Crippen molar-refractivity contribution in [2.75, 3.05) is 0 Å². The van der Waals surface area contributed by atoms with Gasteiger partial charge in [-0.2, -0.15) is 9.78 Å². The molecular weight excluding hydrogens is 152 g/mol. The highest BCUT2D eigenvalue weighted by atomic mass is 17.4. The Morgan fingerprint density at radius 3 is 2.25 bits per heavy atom. The molecule has 1 saturated heterocycles. The van der Waals surface area contributed by atoms with Crippen molar-refractivity contribution in [1.29, 1.82) is 0 Å². The highest BCUT2D eigenvalue weighted by Crippen LogP contribution is 2.43. The van der Waals surface area contributed by atoms with Gasteiger partial charge in [-0.15, -0.1) is 0 Å². The molecule has 1 fully saturated rings. The third kappa shape index (κ3) is 2.20. The monoisotopic (exact) mass is 172 g/mol. The molecule has 1 aliphatic rings. The first-order valence-corrected chi connectivity index (χ1v) is 5.12. The number of hydrogen-bond acceptors (Lipinski definition) is 2. The van der Waals surface area contributed by atoms with E-state index in [0.717, 1.165) is 12.8 Å². The van der Waals surface area contributed by atoms with E-state index in [2.05, 4.69) is 20.8 Å². The van der Waals surface area contributed by atoms with Gasteiger partial charge in [0, 0.05) is 12.3 Å². The molecule has 0 spiro atoms. The second-order valence-electron chi connectivity index (χ2n) is 3.77. The van der Waals surface area contributed by atoms with Crippen LogP contribution in [-0.2, 0) is 9.78 Å². The number of hydrogen-bond donors (Lipinski definition) is 0. The summed E-state index contributed by atoms with van der Waals surface area (Å²) in [7, 11) is 0. The van der Waals surface area contributed by atoms with E-state index < -0.39 is 0 Å². The quantitative estimate of drug-likeness (QED) is 0.454. The molecule has 1 rings (SSSR count). The van der Waals surface area contributed by atoms with Gasteiger partial charge >= 0.3 is 0 Å². The molecule has 0 aromatic heterocycles. The van der Waals surface area contributed by atoms with Crippen molar-refractivity contribution in [3.63, 3.8) is 0 Å². The molecule has 2 nitrogen and oxygen atoms in total. The van der Waals surface area contributed by atoms with Gasteiger partial charge in [0.1, 0.15) is 0 Å². The molecule has 1 heterocycles. The summed E-state index contributed by atoms with van der Waals surface area (Å²) in [6.45, 7) is 6.60. The average Bonchev–Trinajstić information content (AvgIpc) is 2.82. The summed E-state index contributed by atoms with van der Waals surface area (Å²) in [6, 6.07) is 0. The molecule has 1 aliphatic heterocycles. The fraction of sp³-hybridized carbons (Fsp3) is 1.00. The fourth-order valence-corrected chi connectivity index (χ4v) is 1.63. The van der Waals surface area contributed by atoms with Crippen LogP contribution < -0.4 is 0 Å². The second-order valence-corrected chi connectivity index (χ2v) is 3.77. The Bertz CT molecular complexity index is 130. The van der Waals surface area contributed by atoms with Crippen LogP contribution in [0.15, 0.2) is 0 Å². The minimum absolute atomic E-state index is 0.191. The summed E-state index contributed by atoms with van der Waals surface area (Å²) >= 11 is 0. The van der Waals surface area contributed by atoms with E-state index in [1.807, 2.05) is 0 Å². The van der Waals surface area contributed by atoms with Gasteiger partial charge in [-0.25, -0.2) is 0 Å². The summed E-state index contributed by atoms with van der Waals surface area (Å²) in [5, 5.41) is 0.